The molecule has 1 unspecified atom stereocenters. The predicted molar refractivity (Wildman–Crippen MR) is 46.4 cm³/mol. The molecular weight excluding hydrogens is 144 g/mol. The molecule has 58 valence electrons. The summed E-state index contributed by atoms with van der Waals surface area (Å²) in [6.07, 6.45) is 11.2. The van der Waals surface area contributed by atoms with Crippen molar-refractivity contribution in [2.45, 2.75) is 32.1 Å². The van der Waals surface area contributed by atoms with Crippen molar-refractivity contribution in [2.75, 3.05) is 5.88 Å². The minimum atomic E-state index is 0.824. The SMILES string of the molecule is ClCCCC1C=CCCC1. The average molecular weight is 159 g/mol. The Morgan fingerprint density at radius 3 is 3.00 bits per heavy atom. The molecule has 0 spiro atoms. The molecule has 1 rings (SSSR count). The summed E-state index contributed by atoms with van der Waals surface area (Å²) >= 11 is 5.60. The van der Waals surface area contributed by atoms with E-state index >= 15 is 0 Å². The molecule has 0 N–H and O–H groups in total. The monoisotopic (exact) mass is 158 g/mol. The first-order chi connectivity index (χ1) is 4.93. The van der Waals surface area contributed by atoms with E-state index in [0.717, 1.165) is 11.8 Å². The Morgan fingerprint density at radius 2 is 2.40 bits per heavy atom. The molecule has 0 heterocycles. The van der Waals surface area contributed by atoms with Crippen LogP contribution in [-0.2, 0) is 0 Å². The van der Waals surface area contributed by atoms with Crippen LogP contribution in [0.1, 0.15) is 32.1 Å². The lowest BCUT2D eigenvalue weighted by Crippen LogP contribution is -2.00. The van der Waals surface area contributed by atoms with Crippen LogP contribution in [0.3, 0.4) is 0 Å². The van der Waals surface area contributed by atoms with Gasteiger partial charge in [0, 0.05) is 5.88 Å². The molecule has 0 saturated carbocycles. The molecule has 0 aromatic rings. The summed E-state index contributed by atoms with van der Waals surface area (Å²) < 4.78 is 0. The summed E-state index contributed by atoms with van der Waals surface area (Å²) in [4.78, 5) is 0. The number of hydrogen-bond donors (Lipinski definition) is 0. The third-order valence-electron chi connectivity index (χ3n) is 2.06. The molecule has 0 aromatic carbocycles. The molecule has 0 aromatic heterocycles. The maximum absolute atomic E-state index is 5.60. The van der Waals surface area contributed by atoms with Crippen LogP contribution in [0.2, 0.25) is 0 Å². The molecule has 0 bridgehead atoms. The third-order valence-corrected chi connectivity index (χ3v) is 2.33. The van der Waals surface area contributed by atoms with Gasteiger partial charge in [0.05, 0.1) is 0 Å². The van der Waals surface area contributed by atoms with E-state index in [0.29, 0.717) is 0 Å². The molecule has 1 atom stereocenters. The molecule has 0 saturated heterocycles. The Morgan fingerprint density at radius 1 is 1.50 bits per heavy atom. The molecule has 0 nitrogen and oxygen atoms in total. The van der Waals surface area contributed by atoms with Gasteiger partial charge >= 0.3 is 0 Å². The van der Waals surface area contributed by atoms with Crippen molar-refractivity contribution in [2.24, 2.45) is 5.92 Å². The highest BCUT2D eigenvalue weighted by Gasteiger charge is 2.06. The first-order valence-electron chi connectivity index (χ1n) is 4.16. The van der Waals surface area contributed by atoms with Gasteiger partial charge in [0.2, 0.25) is 0 Å². The van der Waals surface area contributed by atoms with Gasteiger partial charge in [-0.2, -0.15) is 0 Å². The van der Waals surface area contributed by atoms with Crippen molar-refractivity contribution >= 4 is 11.6 Å². The maximum Gasteiger partial charge on any atom is 0.0223 e. The number of halogens is 1. The summed E-state index contributed by atoms with van der Waals surface area (Å²) in [6.45, 7) is 0. The van der Waals surface area contributed by atoms with Crippen molar-refractivity contribution < 1.29 is 0 Å². The van der Waals surface area contributed by atoms with Crippen molar-refractivity contribution in [1.82, 2.24) is 0 Å². The maximum atomic E-state index is 5.60. The average Bonchev–Trinajstić information content (AvgIpc) is 2.03. The molecule has 0 amide bonds. The molecular formula is C9H15Cl. The van der Waals surface area contributed by atoms with E-state index in [1.165, 1.54) is 32.1 Å². The summed E-state index contributed by atoms with van der Waals surface area (Å²) in [5, 5.41) is 0. The van der Waals surface area contributed by atoms with Crippen LogP contribution in [0.15, 0.2) is 12.2 Å². The summed E-state index contributed by atoms with van der Waals surface area (Å²) in [7, 11) is 0. The molecule has 1 heteroatoms. The number of alkyl halides is 1. The molecule has 0 radical (unpaired) electrons. The largest absolute Gasteiger partial charge is 0.127 e. The Balaban J connectivity index is 2.13. The highest BCUT2D eigenvalue weighted by Crippen LogP contribution is 2.21. The first kappa shape index (κ1) is 8.13. The fraction of sp³-hybridized carbons (Fsp3) is 0.778. The fourth-order valence-electron chi connectivity index (χ4n) is 1.46. The summed E-state index contributed by atoms with van der Waals surface area (Å²) in [6, 6.07) is 0. The lowest BCUT2D eigenvalue weighted by Gasteiger charge is -2.14. The van der Waals surface area contributed by atoms with Gasteiger partial charge in [0.15, 0.2) is 0 Å². The van der Waals surface area contributed by atoms with Crippen LogP contribution in [0.4, 0.5) is 0 Å². The van der Waals surface area contributed by atoms with E-state index in [1.54, 1.807) is 0 Å². The second kappa shape index (κ2) is 4.79. The van der Waals surface area contributed by atoms with Crippen LogP contribution < -0.4 is 0 Å². The second-order valence-electron chi connectivity index (χ2n) is 2.95. The van der Waals surface area contributed by atoms with Crippen molar-refractivity contribution in [3.8, 4) is 0 Å². The molecule has 0 aliphatic heterocycles. The van der Waals surface area contributed by atoms with Gasteiger partial charge in [-0.1, -0.05) is 12.2 Å². The smallest absolute Gasteiger partial charge is 0.0223 e. The van der Waals surface area contributed by atoms with E-state index in [9.17, 15) is 0 Å². The number of rotatable bonds is 3. The fourth-order valence-corrected chi connectivity index (χ4v) is 1.62. The van der Waals surface area contributed by atoms with Crippen LogP contribution in [0, 0.1) is 5.92 Å². The van der Waals surface area contributed by atoms with Gasteiger partial charge in [0.25, 0.3) is 0 Å². The van der Waals surface area contributed by atoms with E-state index in [1.807, 2.05) is 0 Å². The normalized spacial score (nSPS) is 25.1. The summed E-state index contributed by atoms with van der Waals surface area (Å²) in [5.74, 6) is 1.66. The van der Waals surface area contributed by atoms with Crippen LogP contribution in [0.25, 0.3) is 0 Å². The quantitative estimate of drug-likeness (QED) is 0.437. The lowest BCUT2D eigenvalue weighted by molar-refractivity contribution is 0.501. The van der Waals surface area contributed by atoms with Crippen molar-refractivity contribution in [1.29, 1.82) is 0 Å². The van der Waals surface area contributed by atoms with Gasteiger partial charge in [-0.25, -0.2) is 0 Å². The predicted octanol–water partition coefficient (Wildman–Crippen LogP) is 3.36. The van der Waals surface area contributed by atoms with Gasteiger partial charge < -0.3 is 0 Å². The second-order valence-corrected chi connectivity index (χ2v) is 3.33. The van der Waals surface area contributed by atoms with Gasteiger partial charge in [-0.15, -0.1) is 11.6 Å². The zero-order chi connectivity index (χ0) is 7.23. The first-order valence-corrected chi connectivity index (χ1v) is 4.69. The zero-order valence-electron chi connectivity index (χ0n) is 6.35. The van der Waals surface area contributed by atoms with Crippen molar-refractivity contribution in [3.05, 3.63) is 12.2 Å². The van der Waals surface area contributed by atoms with Crippen LogP contribution >= 0.6 is 11.6 Å². The van der Waals surface area contributed by atoms with Gasteiger partial charge in [-0.05, 0) is 38.0 Å². The van der Waals surface area contributed by atoms with Crippen molar-refractivity contribution in [3.63, 3.8) is 0 Å². The molecule has 0 fully saturated rings. The van der Waals surface area contributed by atoms with E-state index in [2.05, 4.69) is 12.2 Å². The Bertz CT molecular complexity index is 107. The van der Waals surface area contributed by atoms with Gasteiger partial charge in [-0.3, -0.25) is 0 Å². The zero-order valence-corrected chi connectivity index (χ0v) is 7.11. The number of hydrogen-bond acceptors (Lipinski definition) is 0. The van der Waals surface area contributed by atoms with E-state index < -0.39 is 0 Å². The molecule has 1 aliphatic carbocycles. The minimum Gasteiger partial charge on any atom is -0.127 e. The topological polar surface area (TPSA) is 0 Å². The van der Waals surface area contributed by atoms with Crippen LogP contribution in [-0.4, -0.2) is 5.88 Å². The highest BCUT2D eigenvalue weighted by molar-refractivity contribution is 6.17. The number of allylic oxidation sites excluding steroid dienone is 2. The standard InChI is InChI=1S/C9H15Cl/c10-8-4-7-9-5-2-1-3-6-9/h2,5,9H,1,3-4,6-8H2. The molecule has 10 heavy (non-hydrogen) atoms. The molecule has 1 aliphatic rings. The Labute approximate surface area is 68.3 Å². The summed E-state index contributed by atoms with van der Waals surface area (Å²) in [5.41, 5.74) is 0. The van der Waals surface area contributed by atoms with Crippen LogP contribution in [0.5, 0.6) is 0 Å². The highest BCUT2D eigenvalue weighted by atomic mass is 35.5. The Kier molecular flexibility index (Phi) is 3.89. The van der Waals surface area contributed by atoms with Gasteiger partial charge in [0.1, 0.15) is 0 Å². The Hall–Kier alpha value is 0.0300. The third kappa shape index (κ3) is 2.74. The lowest BCUT2D eigenvalue weighted by atomic mass is 9.92. The van der Waals surface area contributed by atoms with E-state index in [-0.39, 0.29) is 0 Å². The van der Waals surface area contributed by atoms with E-state index in [4.69, 9.17) is 11.6 Å². The minimum absolute atomic E-state index is 0.824.